The van der Waals surface area contributed by atoms with Crippen molar-refractivity contribution >= 4 is 23.1 Å². The Labute approximate surface area is 194 Å². The van der Waals surface area contributed by atoms with Crippen molar-refractivity contribution in [3.05, 3.63) is 60.0 Å². The zero-order valence-electron chi connectivity index (χ0n) is 18.4. The van der Waals surface area contributed by atoms with Gasteiger partial charge in [-0.3, -0.25) is 14.3 Å². The lowest BCUT2D eigenvalue weighted by atomic mass is 10.1. The molecule has 5 rings (SSSR count). The fourth-order valence-corrected chi connectivity index (χ4v) is 3.74. The summed E-state index contributed by atoms with van der Waals surface area (Å²) >= 11 is 0. The van der Waals surface area contributed by atoms with Gasteiger partial charge in [0.25, 0.3) is 11.8 Å². The first kappa shape index (κ1) is 21.6. The van der Waals surface area contributed by atoms with E-state index in [0.717, 1.165) is 6.42 Å². The van der Waals surface area contributed by atoms with Gasteiger partial charge in [0.2, 0.25) is 0 Å². The lowest BCUT2D eigenvalue weighted by molar-refractivity contribution is 0.0648. The van der Waals surface area contributed by atoms with Gasteiger partial charge in [-0.05, 0) is 24.6 Å². The molecule has 34 heavy (non-hydrogen) atoms. The smallest absolute Gasteiger partial charge is 0.274 e. The Hall–Kier alpha value is -4.28. The van der Waals surface area contributed by atoms with E-state index in [1.54, 1.807) is 53.0 Å². The SMILES string of the molecule is Cn1ncc(C(=O)N2CCC2)c1C(=O)Nc1ccn2nc(-c3ccccc3OCCF)nc2c1. The number of alkyl halides is 1. The molecule has 0 aliphatic carbocycles. The molecule has 0 atom stereocenters. The number of rotatable bonds is 7. The molecule has 1 saturated heterocycles. The molecule has 1 N–H and O–H groups in total. The quantitative estimate of drug-likeness (QED) is 0.452. The van der Waals surface area contributed by atoms with Gasteiger partial charge in [-0.1, -0.05) is 12.1 Å². The zero-order chi connectivity index (χ0) is 23.7. The first-order valence-electron chi connectivity index (χ1n) is 10.8. The van der Waals surface area contributed by atoms with Gasteiger partial charge in [-0.25, -0.2) is 13.9 Å². The zero-order valence-corrected chi connectivity index (χ0v) is 18.4. The predicted molar refractivity (Wildman–Crippen MR) is 122 cm³/mol. The molecule has 4 aromatic rings. The highest BCUT2D eigenvalue weighted by atomic mass is 19.1. The highest BCUT2D eigenvalue weighted by Crippen LogP contribution is 2.28. The van der Waals surface area contributed by atoms with E-state index >= 15 is 0 Å². The monoisotopic (exact) mass is 463 g/mol. The van der Waals surface area contributed by atoms with Crippen LogP contribution in [0.5, 0.6) is 5.75 Å². The van der Waals surface area contributed by atoms with Crippen LogP contribution in [0.4, 0.5) is 10.1 Å². The summed E-state index contributed by atoms with van der Waals surface area (Å²) in [6, 6.07) is 10.5. The number of amides is 2. The number of anilines is 1. The number of likely N-dealkylation sites (tertiary alicyclic amines) is 1. The molecule has 2 amide bonds. The number of carbonyl (C=O) groups excluding carboxylic acids is 2. The van der Waals surface area contributed by atoms with Crippen LogP contribution in [0.25, 0.3) is 17.0 Å². The van der Waals surface area contributed by atoms with Crippen LogP contribution in [0, 0.1) is 0 Å². The Morgan fingerprint density at radius 2 is 2.03 bits per heavy atom. The fourth-order valence-electron chi connectivity index (χ4n) is 3.74. The summed E-state index contributed by atoms with van der Waals surface area (Å²) < 4.78 is 21.0. The number of fused-ring (bicyclic) bond motifs is 1. The van der Waals surface area contributed by atoms with Crippen molar-refractivity contribution in [2.24, 2.45) is 7.05 Å². The van der Waals surface area contributed by atoms with Gasteiger partial charge in [0.05, 0.1) is 17.3 Å². The number of ether oxygens (including phenoxy) is 1. The number of pyridine rings is 1. The number of hydrogen-bond acceptors (Lipinski definition) is 6. The van der Waals surface area contributed by atoms with E-state index in [0.29, 0.717) is 41.6 Å². The third-order valence-corrected chi connectivity index (χ3v) is 5.59. The van der Waals surface area contributed by atoms with E-state index < -0.39 is 12.6 Å². The van der Waals surface area contributed by atoms with E-state index in [2.05, 4.69) is 20.5 Å². The number of benzene rings is 1. The number of nitrogens with zero attached hydrogens (tertiary/aromatic N) is 6. The van der Waals surface area contributed by atoms with Gasteiger partial charge in [-0.2, -0.15) is 5.10 Å². The molecule has 1 aromatic carbocycles. The molecule has 1 aliphatic heterocycles. The van der Waals surface area contributed by atoms with Crippen LogP contribution in [0.2, 0.25) is 0 Å². The van der Waals surface area contributed by atoms with Crippen molar-refractivity contribution < 1.29 is 18.7 Å². The van der Waals surface area contributed by atoms with E-state index in [1.165, 1.54) is 10.9 Å². The number of halogens is 1. The molecule has 174 valence electrons. The third kappa shape index (κ3) is 3.96. The molecule has 1 aliphatic rings. The molecule has 3 aromatic heterocycles. The molecule has 11 heteroatoms. The Kier molecular flexibility index (Phi) is 5.66. The minimum Gasteiger partial charge on any atom is -0.490 e. The number of aromatic nitrogens is 5. The van der Waals surface area contributed by atoms with Gasteiger partial charge in [0.15, 0.2) is 11.5 Å². The molecule has 0 spiro atoms. The second-order valence-electron chi connectivity index (χ2n) is 7.82. The Bertz CT molecular complexity index is 1380. The van der Waals surface area contributed by atoms with Gasteiger partial charge < -0.3 is 15.0 Å². The highest BCUT2D eigenvalue weighted by molar-refractivity contribution is 6.11. The molecule has 4 heterocycles. The maximum atomic E-state index is 13.0. The molecular formula is C23H22FN7O3. The number of nitrogens with one attached hydrogen (secondary N) is 1. The molecular weight excluding hydrogens is 441 g/mol. The van der Waals surface area contributed by atoms with Crippen LogP contribution in [0.3, 0.4) is 0 Å². The standard InChI is InChI=1S/C23H22FN7O3/c1-29-20(17(14-25-29)23(33)30-9-4-10-30)22(32)26-15-7-11-31-19(13-15)27-21(28-31)16-5-2-3-6-18(16)34-12-8-24/h2-3,5-7,11,13-14H,4,8-10,12H2,1H3,(H,26,32). The lowest BCUT2D eigenvalue weighted by Gasteiger charge is -2.30. The van der Waals surface area contributed by atoms with Crippen LogP contribution < -0.4 is 10.1 Å². The maximum absolute atomic E-state index is 13.0. The minimum atomic E-state index is -0.599. The van der Waals surface area contributed by atoms with Gasteiger partial charge >= 0.3 is 0 Å². The summed E-state index contributed by atoms with van der Waals surface area (Å²) in [6.45, 7) is 0.708. The largest absolute Gasteiger partial charge is 0.490 e. The fraction of sp³-hybridized carbons (Fsp3) is 0.261. The average Bonchev–Trinajstić information content (AvgIpc) is 3.39. The van der Waals surface area contributed by atoms with Crippen LogP contribution in [0.15, 0.2) is 48.8 Å². The lowest BCUT2D eigenvalue weighted by Crippen LogP contribution is -2.42. The van der Waals surface area contributed by atoms with Gasteiger partial charge in [-0.15, -0.1) is 5.10 Å². The first-order chi connectivity index (χ1) is 16.5. The van der Waals surface area contributed by atoms with Crippen molar-refractivity contribution in [2.45, 2.75) is 6.42 Å². The second kappa shape index (κ2) is 8.93. The third-order valence-electron chi connectivity index (χ3n) is 5.59. The number of hydrogen-bond donors (Lipinski definition) is 1. The van der Waals surface area contributed by atoms with Crippen LogP contribution >= 0.6 is 0 Å². The molecule has 0 bridgehead atoms. The van der Waals surface area contributed by atoms with Gasteiger partial charge in [0, 0.05) is 38.1 Å². The van der Waals surface area contributed by atoms with E-state index in [4.69, 9.17) is 4.74 Å². The first-order valence-corrected chi connectivity index (χ1v) is 10.8. The number of aryl methyl sites for hydroxylation is 1. The Balaban J connectivity index is 1.40. The maximum Gasteiger partial charge on any atom is 0.274 e. The summed E-state index contributed by atoms with van der Waals surface area (Å²) in [5.41, 5.74) is 2.08. The van der Waals surface area contributed by atoms with Crippen LogP contribution in [-0.4, -0.2) is 67.5 Å². The average molecular weight is 463 g/mol. The minimum absolute atomic E-state index is 0.0587. The summed E-state index contributed by atoms with van der Waals surface area (Å²) in [5, 5.41) is 11.4. The van der Waals surface area contributed by atoms with E-state index in [-0.39, 0.29) is 23.8 Å². The molecule has 0 saturated carbocycles. The van der Waals surface area contributed by atoms with E-state index in [9.17, 15) is 14.0 Å². The summed E-state index contributed by atoms with van der Waals surface area (Å²) in [6.07, 6.45) is 4.05. The Morgan fingerprint density at radius 3 is 2.79 bits per heavy atom. The van der Waals surface area contributed by atoms with Crippen LogP contribution in [0.1, 0.15) is 27.3 Å². The van der Waals surface area contributed by atoms with Gasteiger partial charge in [0.1, 0.15) is 24.7 Å². The summed E-state index contributed by atoms with van der Waals surface area (Å²) in [5.74, 6) is 0.251. The van der Waals surface area contributed by atoms with Crippen molar-refractivity contribution in [1.82, 2.24) is 29.3 Å². The van der Waals surface area contributed by atoms with E-state index in [1.807, 2.05) is 6.07 Å². The van der Waals surface area contributed by atoms with Crippen LogP contribution in [-0.2, 0) is 7.05 Å². The predicted octanol–water partition coefficient (Wildman–Crippen LogP) is 2.58. The second-order valence-corrected chi connectivity index (χ2v) is 7.82. The normalized spacial score (nSPS) is 13.1. The van der Waals surface area contributed by atoms with Crippen molar-refractivity contribution in [3.63, 3.8) is 0 Å². The van der Waals surface area contributed by atoms with Crippen molar-refractivity contribution in [1.29, 1.82) is 0 Å². The molecule has 10 nitrogen and oxygen atoms in total. The summed E-state index contributed by atoms with van der Waals surface area (Å²) in [7, 11) is 1.62. The molecule has 0 unspecified atom stereocenters. The topological polar surface area (TPSA) is 107 Å². The summed E-state index contributed by atoms with van der Waals surface area (Å²) in [4.78, 5) is 31.9. The number of carbonyl (C=O) groups is 2. The highest BCUT2D eigenvalue weighted by Gasteiger charge is 2.28. The Morgan fingerprint density at radius 1 is 1.21 bits per heavy atom. The molecule has 1 fully saturated rings. The van der Waals surface area contributed by atoms with Crippen molar-refractivity contribution in [3.8, 4) is 17.1 Å². The van der Waals surface area contributed by atoms with Crippen molar-refractivity contribution in [2.75, 3.05) is 31.7 Å². The molecule has 0 radical (unpaired) electrons. The number of para-hydroxylation sites is 1.